The van der Waals surface area contributed by atoms with Gasteiger partial charge in [0.2, 0.25) is 0 Å². The van der Waals surface area contributed by atoms with E-state index >= 15 is 0 Å². The van der Waals surface area contributed by atoms with Gasteiger partial charge in [0.05, 0.1) is 16.2 Å². The minimum absolute atomic E-state index is 0.0115. The zero-order valence-corrected chi connectivity index (χ0v) is 13.6. The van der Waals surface area contributed by atoms with Gasteiger partial charge in [-0.25, -0.2) is 13.2 Å². The van der Waals surface area contributed by atoms with Gasteiger partial charge in [0.15, 0.2) is 9.84 Å². The molecule has 112 valence electrons. The van der Waals surface area contributed by atoms with Crippen molar-refractivity contribution in [1.29, 1.82) is 0 Å². The van der Waals surface area contributed by atoms with Crippen LogP contribution in [-0.4, -0.2) is 25.2 Å². The first-order valence-electron chi connectivity index (χ1n) is 6.08. The Morgan fingerprint density at radius 2 is 2.10 bits per heavy atom. The van der Waals surface area contributed by atoms with Crippen molar-refractivity contribution in [2.45, 2.75) is 18.2 Å². The van der Waals surface area contributed by atoms with Gasteiger partial charge in [-0.15, -0.1) is 0 Å². The Morgan fingerprint density at radius 1 is 1.38 bits per heavy atom. The second kappa shape index (κ2) is 6.17. The van der Waals surface area contributed by atoms with Crippen LogP contribution in [0.15, 0.2) is 33.9 Å². The smallest absolute Gasteiger partial charge is 0.336 e. The van der Waals surface area contributed by atoms with Crippen LogP contribution in [0.25, 0.3) is 0 Å². The maximum absolute atomic E-state index is 12.4. The van der Waals surface area contributed by atoms with Gasteiger partial charge in [-0.2, -0.15) is 11.3 Å². The molecule has 0 amide bonds. The summed E-state index contributed by atoms with van der Waals surface area (Å²) in [6.45, 7) is 1.48. The first-order valence-corrected chi connectivity index (χ1v) is 9.06. The van der Waals surface area contributed by atoms with Gasteiger partial charge in [0, 0.05) is 5.02 Å². The summed E-state index contributed by atoms with van der Waals surface area (Å²) in [7, 11) is -3.59. The molecule has 2 rings (SSSR count). The van der Waals surface area contributed by atoms with E-state index in [9.17, 15) is 13.2 Å². The summed E-state index contributed by atoms with van der Waals surface area (Å²) in [6, 6.07) is 4.44. The van der Waals surface area contributed by atoms with E-state index in [1.807, 2.05) is 16.8 Å². The Bertz CT molecular complexity index is 765. The lowest BCUT2D eigenvalue weighted by Crippen LogP contribution is -2.13. The molecule has 0 aliphatic carbocycles. The van der Waals surface area contributed by atoms with Crippen molar-refractivity contribution in [2.75, 3.05) is 5.75 Å². The van der Waals surface area contributed by atoms with Crippen LogP contribution in [0, 0.1) is 6.92 Å². The van der Waals surface area contributed by atoms with Crippen molar-refractivity contribution in [3.8, 4) is 0 Å². The van der Waals surface area contributed by atoms with Gasteiger partial charge in [-0.05, 0) is 53.4 Å². The van der Waals surface area contributed by atoms with Gasteiger partial charge in [-0.1, -0.05) is 11.6 Å². The summed E-state index contributed by atoms with van der Waals surface area (Å²) in [5, 5.41) is 13.0. The van der Waals surface area contributed by atoms with E-state index in [-0.39, 0.29) is 26.8 Å². The predicted octanol–water partition coefficient (Wildman–Crippen LogP) is 3.42. The Morgan fingerprint density at radius 3 is 2.67 bits per heavy atom. The number of aromatic carboxylic acids is 1. The number of aryl methyl sites for hydroxylation is 1. The summed E-state index contributed by atoms with van der Waals surface area (Å²) >= 11 is 7.35. The van der Waals surface area contributed by atoms with Crippen LogP contribution in [0.4, 0.5) is 0 Å². The SMILES string of the molecule is Cc1c(C(=O)O)cc(Cl)cc1S(=O)(=O)CCc1ccsc1. The average molecular weight is 345 g/mol. The van der Waals surface area contributed by atoms with Crippen molar-refractivity contribution in [2.24, 2.45) is 0 Å². The highest BCUT2D eigenvalue weighted by molar-refractivity contribution is 7.91. The summed E-state index contributed by atoms with van der Waals surface area (Å²) < 4.78 is 24.9. The van der Waals surface area contributed by atoms with Gasteiger partial charge < -0.3 is 5.11 Å². The molecule has 0 aliphatic rings. The molecule has 4 nitrogen and oxygen atoms in total. The highest BCUT2D eigenvalue weighted by atomic mass is 35.5. The number of benzene rings is 1. The van der Waals surface area contributed by atoms with E-state index in [1.165, 1.54) is 30.4 Å². The second-order valence-electron chi connectivity index (χ2n) is 4.58. The lowest BCUT2D eigenvalue weighted by Gasteiger charge is -2.10. The Labute approximate surface area is 131 Å². The Hall–Kier alpha value is -1.37. The molecule has 1 aromatic carbocycles. The second-order valence-corrected chi connectivity index (χ2v) is 7.88. The lowest BCUT2D eigenvalue weighted by atomic mass is 10.1. The number of hydrogen-bond donors (Lipinski definition) is 1. The van der Waals surface area contributed by atoms with Gasteiger partial charge >= 0.3 is 5.97 Å². The molecule has 0 fully saturated rings. The Kier molecular flexibility index (Phi) is 4.70. The van der Waals surface area contributed by atoms with Crippen LogP contribution in [0.2, 0.25) is 5.02 Å². The molecule has 7 heteroatoms. The molecule has 0 spiro atoms. The monoisotopic (exact) mass is 344 g/mol. The Balaban J connectivity index is 2.37. The standard InChI is InChI=1S/C14H13ClO4S2/c1-9-12(14(16)17)6-11(15)7-13(9)21(18,19)5-3-10-2-4-20-8-10/h2,4,6-8H,3,5H2,1H3,(H,16,17). The highest BCUT2D eigenvalue weighted by Crippen LogP contribution is 2.26. The molecule has 21 heavy (non-hydrogen) atoms. The minimum Gasteiger partial charge on any atom is -0.478 e. The van der Waals surface area contributed by atoms with Crippen LogP contribution in [0.1, 0.15) is 21.5 Å². The molecule has 1 aromatic heterocycles. The molecule has 0 saturated carbocycles. The zero-order valence-electron chi connectivity index (χ0n) is 11.2. The predicted molar refractivity (Wildman–Crippen MR) is 83.2 cm³/mol. The van der Waals surface area contributed by atoms with Gasteiger partial charge in [0.25, 0.3) is 0 Å². The van der Waals surface area contributed by atoms with Crippen molar-refractivity contribution in [1.82, 2.24) is 0 Å². The van der Waals surface area contributed by atoms with Crippen LogP contribution in [0.3, 0.4) is 0 Å². The number of carboxylic acids is 1. The zero-order chi connectivity index (χ0) is 15.6. The van der Waals surface area contributed by atoms with E-state index in [1.54, 1.807) is 0 Å². The number of thiophene rings is 1. The van der Waals surface area contributed by atoms with Crippen molar-refractivity contribution in [3.05, 3.63) is 50.7 Å². The van der Waals surface area contributed by atoms with Crippen LogP contribution in [0.5, 0.6) is 0 Å². The third-order valence-electron chi connectivity index (χ3n) is 3.13. The topological polar surface area (TPSA) is 71.4 Å². The molecule has 0 atom stereocenters. The van der Waals surface area contributed by atoms with E-state index in [2.05, 4.69) is 0 Å². The van der Waals surface area contributed by atoms with Crippen LogP contribution in [-0.2, 0) is 16.3 Å². The normalized spacial score (nSPS) is 11.5. The third-order valence-corrected chi connectivity index (χ3v) is 5.92. The summed E-state index contributed by atoms with van der Waals surface area (Å²) in [6.07, 6.45) is 0.389. The summed E-state index contributed by atoms with van der Waals surface area (Å²) in [5.74, 6) is -1.27. The molecule has 0 saturated heterocycles. The molecule has 0 bridgehead atoms. The van der Waals surface area contributed by atoms with E-state index in [0.717, 1.165) is 5.56 Å². The van der Waals surface area contributed by atoms with Crippen LogP contribution >= 0.6 is 22.9 Å². The molecule has 1 heterocycles. The fourth-order valence-electron chi connectivity index (χ4n) is 2.00. The summed E-state index contributed by atoms with van der Waals surface area (Å²) in [4.78, 5) is 11.1. The fourth-order valence-corrected chi connectivity index (χ4v) is 4.59. The molecule has 1 N–H and O–H groups in total. The lowest BCUT2D eigenvalue weighted by molar-refractivity contribution is 0.0696. The number of halogens is 1. The van der Waals surface area contributed by atoms with Gasteiger partial charge in [0.1, 0.15) is 0 Å². The molecule has 0 unspecified atom stereocenters. The molecule has 2 aromatic rings. The maximum Gasteiger partial charge on any atom is 0.336 e. The van der Waals surface area contributed by atoms with Crippen molar-refractivity contribution in [3.63, 3.8) is 0 Å². The van der Waals surface area contributed by atoms with Crippen molar-refractivity contribution < 1.29 is 18.3 Å². The third kappa shape index (κ3) is 3.64. The fraction of sp³-hybridized carbons (Fsp3) is 0.214. The maximum atomic E-state index is 12.4. The van der Waals surface area contributed by atoms with Gasteiger partial charge in [-0.3, -0.25) is 0 Å². The molecular formula is C14H13ClO4S2. The number of carboxylic acid groups (broad SMARTS) is 1. The highest BCUT2D eigenvalue weighted by Gasteiger charge is 2.22. The quantitative estimate of drug-likeness (QED) is 0.902. The molecule has 0 radical (unpaired) electrons. The van der Waals surface area contributed by atoms with E-state index in [4.69, 9.17) is 16.7 Å². The van der Waals surface area contributed by atoms with Crippen LogP contribution < -0.4 is 0 Å². The molecule has 0 aliphatic heterocycles. The first-order chi connectivity index (χ1) is 9.81. The number of hydrogen-bond acceptors (Lipinski definition) is 4. The van der Waals surface area contributed by atoms with E-state index in [0.29, 0.717) is 6.42 Å². The van der Waals surface area contributed by atoms with Crippen molar-refractivity contribution >= 4 is 38.7 Å². The van der Waals surface area contributed by atoms with E-state index < -0.39 is 15.8 Å². The minimum atomic E-state index is -3.59. The largest absolute Gasteiger partial charge is 0.478 e. The number of sulfone groups is 1. The molecular weight excluding hydrogens is 332 g/mol. The number of carbonyl (C=O) groups is 1. The number of rotatable bonds is 5. The average Bonchev–Trinajstić information content (AvgIpc) is 2.91. The first kappa shape index (κ1) is 16.0. The summed E-state index contributed by atoms with van der Waals surface area (Å²) in [5.41, 5.74) is 1.08.